The molecule has 0 amide bonds. The summed E-state index contributed by atoms with van der Waals surface area (Å²) in [7, 11) is 0. The van der Waals surface area contributed by atoms with Crippen LogP contribution in [0.1, 0.15) is 31.4 Å². The zero-order valence-corrected chi connectivity index (χ0v) is 10.8. The van der Waals surface area contributed by atoms with Crippen LogP contribution in [0.25, 0.3) is 0 Å². The smallest absolute Gasteiger partial charge is 0.142 e. The molecular formula is C13H18ClFN2. The molecular weight excluding hydrogens is 239 g/mol. The van der Waals surface area contributed by atoms with Crippen molar-refractivity contribution in [3.8, 4) is 0 Å². The molecule has 0 radical (unpaired) electrons. The van der Waals surface area contributed by atoms with Crippen LogP contribution in [0.4, 0.5) is 4.39 Å². The standard InChI is InChI=1S/C13H18ClFN2/c1-9(17(8-7-16)10-5-6-10)11-3-2-4-12(15)13(11)14/h2-4,9-10H,5-8,16H2,1H3. The SMILES string of the molecule is CC(c1cccc(F)c1Cl)N(CCN)C1CC1. The van der Waals surface area contributed by atoms with Crippen LogP contribution in [0.5, 0.6) is 0 Å². The maximum absolute atomic E-state index is 13.4. The van der Waals surface area contributed by atoms with E-state index in [4.69, 9.17) is 17.3 Å². The van der Waals surface area contributed by atoms with Crippen LogP contribution in [-0.2, 0) is 0 Å². The van der Waals surface area contributed by atoms with E-state index >= 15 is 0 Å². The minimum Gasteiger partial charge on any atom is -0.329 e. The van der Waals surface area contributed by atoms with Crippen LogP contribution in [0.2, 0.25) is 5.02 Å². The molecule has 2 rings (SSSR count). The molecule has 1 atom stereocenters. The maximum atomic E-state index is 13.4. The fraction of sp³-hybridized carbons (Fsp3) is 0.538. The number of rotatable bonds is 5. The molecule has 1 saturated carbocycles. The van der Waals surface area contributed by atoms with Gasteiger partial charge in [0.15, 0.2) is 0 Å². The van der Waals surface area contributed by atoms with Gasteiger partial charge >= 0.3 is 0 Å². The summed E-state index contributed by atoms with van der Waals surface area (Å²) in [5.74, 6) is -0.348. The minimum atomic E-state index is -0.348. The monoisotopic (exact) mass is 256 g/mol. The van der Waals surface area contributed by atoms with Gasteiger partial charge in [0, 0.05) is 25.2 Å². The van der Waals surface area contributed by atoms with E-state index in [1.807, 2.05) is 6.07 Å². The predicted molar refractivity (Wildman–Crippen MR) is 68.6 cm³/mol. The van der Waals surface area contributed by atoms with E-state index in [9.17, 15) is 4.39 Å². The lowest BCUT2D eigenvalue weighted by Gasteiger charge is -2.29. The average Bonchev–Trinajstić information content (AvgIpc) is 3.13. The third-order valence-electron chi connectivity index (χ3n) is 3.33. The van der Waals surface area contributed by atoms with Crippen LogP contribution in [-0.4, -0.2) is 24.0 Å². The van der Waals surface area contributed by atoms with Crippen molar-refractivity contribution in [3.05, 3.63) is 34.6 Å². The number of benzene rings is 1. The molecule has 1 aromatic carbocycles. The molecule has 0 aliphatic heterocycles. The van der Waals surface area contributed by atoms with Gasteiger partial charge in [0.2, 0.25) is 0 Å². The van der Waals surface area contributed by atoms with Crippen molar-refractivity contribution in [1.29, 1.82) is 0 Å². The molecule has 1 fully saturated rings. The molecule has 0 aromatic heterocycles. The van der Waals surface area contributed by atoms with Crippen LogP contribution in [0, 0.1) is 5.82 Å². The molecule has 94 valence electrons. The fourth-order valence-electron chi connectivity index (χ4n) is 2.27. The molecule has 0 bridgehead atoms. The minimum absolute atomic E-state index is 0.120. The van der Waals surface area contributed by atoms with Gasteiger partial charge in [0.05, 0.1) is 5.02 Å². The first-order valence-electron chi connectivity index (χ1n) is 6.05. The molecule has 0 heterocycles. The van der Waals surface area contributed by atoms with Gasteiger partial charge in [-0.05, 0) is 31.4 Å². The van der Waals surface area contributed by atoms with Gasteiger partial charge in [0.25, 0.3) is 0 Å². The van der Waals surface area contributed by atoms with E-state index in [2.05, 4.69) is 11.8 Å². The second kappa shape index (κ2) is 5.34. The third kappa shape index (κ3) is 2.79. The van der Waals surface area contributed by atoms with E-state index in [-0.39, 0.29) is 16.9 Å². The summed E-state index contributed by atoms with van der Waals surface area (Å²) in [5, 5.41) is 0.239. The van der Waals surface area contributed by atoms with Crippen molar-refractivity contribution in [1.82, 2.24) is 4.90 Å². The zero-order valence-electron chi connectivity index (χ0n) is 10.00. The molecule has 1 unspecified atom stereocenters. The second-order valence-corrected chi connectivity index (χ2v) is 4.95. The fourth-order valence-corrected chi connectivity index (χ4v) is 2.55. The Morgan fingerprint density at radius 3 is 2.82 bits per heavy atom. The lowest BCUT2D eigenvalue weighted by molar-refractivity contribution is 0.206. The summed E-state index contributed by atoms with van der Waals surface area (Å²) >= 11 is 6.02. The number of halogens is 2. The largest absolute Gasteiger partial charge is 0.329 e. The van der Waals surface area contributed by atoms with Crippen molar-refractivity contribution in [2.75, 3.05) is 13.1 Å². The predicted octanol–water partition coefficient (Wildman–Crippen LogP) is 2.96. The Morgan fingerprint density at radius 1 is 1.53 bits per heavy atom. The quantitative estimate of drug-likeness (QED) is 0.878. The van der Waals surface area contributed by atoms with Gasteiger partial charge in [0.1, 0.15) is 5.82 Å². The molecule has 1 aliphatic carbocycles. The molecule has 17 heavy (non-hydrogen) atoms. The van der Waals surface area contributed by atoms with E-state index in [0.29, 0.717) is 12.6 Å². The third-order valence-corrected chi connectivity index (χ3v) is 3.73. The highest BCUT2D eigenvalue weighted by Crippen LogP contribution is 2.36. The highest BCUT2D eigenvalue weighted by molar-refractivity contribution is 6.31. The number of nitrogens with zero attached hydrogens (tertiary/aromatic N) is 1. The van der Waals surface area contributed by atoms with Crippen LogP contribution in [0.15, 0.2) is 18.2 Å². The Balaban J connectivity index is 2.21. The molecule has 2 nitrogen and oxygen atoms in total. The van der Waals surface area contributed by atoms with Crippen LogP contribution < -0.4 is 5.73 Å². The number of hydrogen-bond donors (Lipinski definition) is 1. The molecule has 0 spiro atoms. The Morgan fingerprint density at radius 2 is 2.24 bits per heavy atom. The summed E-state index contributed by atoms with van der Waals surface area (Å²) in [6.45, 7) is 3.51. The van der Waals surface area contributed by atoms with Crippen molar-refractivity contribution in [2.24, 2.45) is 5.73 Å². The van der Waals surface area contributed by atoms with Crippen LogP contribution >= 0.6 is 11.6 Å². The van der Waals surface area contributed by atoms with Gasteiger partial charge in [-0.25, -0.2) is 4.39 Å². The first-order chi connectivity index (χ1) is 8.15. The Kier molecular flexibility index (Phi) is 4.02. The highest BCUT2D eigenvalue weighted by Gasteiger charge is 2.32. The highest BCUT2D eigenvalue weighted by atomic mass is 35.5. The summed E-state index contributed by atoms with van der Waals surface area (Å²) in [6.07, 6.45) is 2.41. The topological polar surface area (TPSA) is 29.3 Å². The molecule has 0 saturated heterocycles. The maximum Gasteiger partial charge on any atom is 0.142 e. The van der Waals surface area contributed by atoms with Crippen molar-refractivity contribution in [3.63, 3.8) is 0 Å². The first kappa shape index (κ1) is 12.8. The van der Waals surface area contributed by atoms with Crippen molar-refractivity contribution in [2.45, 2.75) is 31.8 Å². The van der Waals surface area contributed by atoms with E-state index in [0.717, 1.165) is 12.1 Å². The normalized spacial score (nSPS) is 17.5. The van der Waals surface area contributed by atoms with E-state index < -0.39 is 0 Å². The molecule has 2 N–H and O–H groups in total. The van der Waals surface area contributed by atoms with Crippen LogP contribution in [0.3, 0.4) is 0 Å². The molecule has 4 heteroatoms. The second-order valence-electron chi connectivity index (χ2n) is 4.58. The lowest BCUT2D eigenvalue weighted by atomic mass is 10.1. The lowest BCUT2D eigenvalue weighted by Crippen LogP contribution is -2.34. The summed E-state index contributed by atoms with van der Waals surface area (Å²) < 4.78 is 13.4. The number of nitrogens with two attached hydrogens (primary N) is 1. The zero-order chi connectivity index (χ0) is 12.4. The summed E-state index contributed by atoms with van der Waals surface area (Å²) in [4.78, 5) is 2.32. The Labute approximate surface area is 107 Å². The van der Waals surface area contributed by atoms with Crippen molar-refractivity contribution >= 4 is 11.6 Å². The average molecular weight is 257 g/mol. The van der Waals surface area contributed by atoms with Crippen molar-refractivity contribution < 1.29 is 4.39 Å². The Bertz CT molecular complexity index is 393. The van der Waals surface area contributed by atoms with Gasteiger partial charge in [-0.3, -0.25) is 4.90 Å². The first-order valence-corrected chi connectivity index (χ1v) is 6.42. The van der Waals surface area contributed by atoms with Gasteiger partial charge < -0.3 is 5.73 Å². The van der Waals surface area contributed by atoms with Gasteiger partial charge in [-0.15, -0.1) is 0 Å². The summed E-state index contributed by atoms with van der Waals surface area (Å²) in [6, 6.07) is 5.70. The molecule has 1 aliphatic rings. The van der Waals surface area contributed by atoms with E-state index in [1.165, 1.54) is 18.9 Å². The summed E-state index contributed by atoms with van der Waals surface area (Å²) in [5.41, 5.74) is 6.48. The van der Waals surface area contributed by atoms with E-state index in [1.54, 1.807) is 6.07 Å². The van der Waals surface area contributed by atoms with Gasteiger partial charge in [-0.2, -0.15) is 0 Å². The Hall–Kier alpha value is -0.640. The van der Waals surface area contributed by atoms with Gasteiger partial charge in [-0.1, -0.05) is 23.7 Å². The number of hydrogen-bond acceptors (Lipinski definition) is 2. The molecule has 1 aromatic rings.